The van der Waals surface area contributed by atoms with E-state index in [0.717, 1.165) is 71.3 Å². The summed E-state index contributed by atoms with van der Waals surface area (Å²) in [7, 11) is 1.55. The van der Waals surface area contributed by atoms with Crippen LogP contribution in [0.15, 0.2) is 30.3 Å². The van der Waals surface area contributed by atoms with Crippen molar-refractivity contribution in [2.75, 3.05) is 40.1 Å². The fraction of sp³-hybridized carbons (Fsp3) is 0.348. The van der Waals surface area contributed by atoms with Crippen LogP contribution in [0.25, 0.3) is 21.5 Å². The van der Waals surface area contributed by atoms with Gasteiger partial charge in [0.1, 0.15) is 0 Å². The molecular formula is C23H24N2O5. The van der Waals surface area contributed by atoms with Gasteiger partial charge in [-0.1, -0.05) is 0 Å². The Bertz CT molecular complexity index is 1150. The molecule has 0 radical (unpaired) electrons. The number of aromatic hydroxyl groups is 1. The number of phenolic OH excluding ortho intramolecular Hbond substituents is 1. The van der Waals surface area contributed by atoms with E-state index in [1.54, 1.807) is 20.1 Å². The highest BCUT2D eigenvalue weighted by Gasteiger charge is 2.22. The number of carbonyl (C=O) groups excluding carboxylic acids is 1. The van der Waals surface area contributed by atoms with Crippen molar-refractivity contribution >= 4 is 27.5 Å². The number of benzene rings is 3. The van der Waals surface area contributed by atoms with Crippen LogP contribution in [0.5, 0.6) is 23.0 Å². The van der Waals surface area contributed by atoms with Gasteiger partial charge in [0.25, 0.3) is 0 Å². The quantitative estimate of drug-likeness (QED) is 0.672. The zero-order valence-electron chi connectivity index (χ0n) is 17.1. The van der Waals surface area contributed by atoms with E-state index in [0.29, 0.717) is 5.75 Å². The SMILES string of the molecule is COc1cc2c(cc1O)c(CN1CCN(C(C)=O)CC1)cc1cc3c(cc12)OCO3. The van der Waals surface area contributed by atoms with Crippen LogP contribution < -0.4 is 14.2 Å². The molecule has 7 nitrogen and oxygen atoms in total. The van der Waals surface area contributed by atoms with Crippen LogP contribution in [0.2, 0.25) is 0 Å². The number of amides is 1. The Balaban J connectivity index is 1.60. The molecule has 0 saturated carbocycles. The van der Waals surface area contributed by atoms with Gasteiger partial charge < -0.3 is 24.2 Å². The van der Waals surface area contributed by atoms with Gasteiger partial charge >= 0.3 is 0 Å². The van der Waals surface area contributed by atoms with Crippen molar-refractivity contribution < 1.29 is 24.1 Å². The maximum atomic E-state index is 11.6. The Morgan fingerprint density at radius 2 is 1.73 bits per heavy atom. The van der Waals surface area contributed by atoms with Crippen LogP contribution >= 0.6 is 0 Å². The number of methoxy groups -OCH3 is 1. The van der Waals surface area contributed by atoms with E-state index in [9.17, 15) is 9.90 Å². The molecule has 0 unspecified atom stereocenters. The minimum absolute atomic E-state index is 0.118. The number of hydrogen-bond donors (Lipinski definition) is 1. The lowest BCUT2D eigenvalue weighted by Gasteiger charge is -2.34. The van der Waals surface area contributed by atoms with Crippen molar-refractivity contribution in [1.29, 1.82) is 0 Å². The smallest absolute Gasteiger partial charge is 0.231 e. The summed E-state index contributed by atoms with van der Waals surface area (Å²) in [5.74, 6) is 2.15. The summed E-state index contributed by atoms with van der Waals surface area (Å²) in [5, 5.41) is 14.5. The Labute approximate surface area is 174 Å². The Kier molecular flexibility index (Phi) is 4.55. The van der Waals surface area contributed by atoms with Crippen LogP contribution in [0.4, 0.5) is 0 Å². The zero-order valence-corrected chi connectivity index (χ0v) is 17.1. The second-order valence-corrected chi connectivity index (χ2v) is 7.81. The molecule has 1 amide bonds. The minimum Gasteiger partial charge on any atom is -0.504 e. The lowest BCUT2D eigenvalue weighted by Crippen LogP contribution is -2.47. The van der Waals surface area contributed by atoms with E-state index in [-0.39, 0.29) is 18.4 Å². The Hall–Kier alpha value is -3.19. The minimum atomic E-state index is 0.118. The second-order valence-electron chi connectivity index (χ2n) is 7.81. The van der Waals surface area contributed by atoms with E-state index in [4.69, 9.17) is 14.2 Å². The maximum absolute atomic E-state index is 11.6. The molecule has 0 atom stereocenters. The number of rotatable bonds is 3. The topological polar surface area (TPSA) is 71.5 Å². The Morgan fingerprint density at radius 3 is 2.43 bits per heavy atom. The maximum Gasteiger partial charge on any atom is 0.231 e. The molecule has 156 valence electrons. The highest BCUT2D eigenvalue weighted by Crippen LogP contribution is 2.42. The average molecular weight is 408 g/mol. The largest absolute Gasteiger partial charge is 0.504 e. The number of ether oxygens (including phenoxy) is 3. The van der Waals surface area contributed by atoms with Gasteiger partial charge in [-0.3, -0.25) is 9.69 Å². The lowest BCUT2D eigenvalue weighted by molar-refractivity contribution is -0.130. The summed E-state index contributed by atoms with van der Waals surface area (Å²) in [6.07, 6.45) is 0. The first-order valence-electron chi connectivity index (χ1n) is 10.1. The fourth-order valence-electron chi connectivity index (χ4n) is 4.39. The first-order chi connectivity index (χ1) is 14.5. The van der Waals surface area contributed by atoms with Crippen molar-refractivity contribution in [3.8, 4) is 23.0 Å². The van der Waals surface area contributed by atoms with Crippen LogP contribution in [-0.4, -0.2) is 60.9 Å². The molecule has 3 aromatic carbocycles. The lowest BCUT2D eigenvalue weighted by atomic mass is 9.95. The van der Waals surface area contributed by atoms with E-state index in [2.05, 4.69) is 11.0 Å². The van der Waals surface area contributed by atoms with Gasteiger partial charge in [0, 0.05) is 39.6 Å². The predicted octanol–water partition coefficient (Wildman–Crippen LogP) is 3.10. The number of piperazine rings is 1. The van der Waals surface area contributed by atoms with Crippen LogP contribution in [0, 0.1) is 0 Å². The molecule has 2 aliphatic heterocycles. The van der Waals surface area contributed by atoms with Crippen molar-refractivity contribution in [2.24, 2.45) is 0 Å². The van der Waals surface area contributed by atoms with E-state index in [1.165, 1.54) is 0 Å². The van der Waals surface area contributed by atoms with Crippen LogP contribution in [0.3, 0.4) is 0 Å². The molecule has 1 fully saturated rings. The van der Waals surface area contributed by atoms with E-state index >= 15 is 0 Å². The van der Waals surface area contributed by atoms with Crippen molar-refractivity contribution in [3.63, 3.8) is 0 Å². The van der Waals surface area contributed by atoms with E-state index < -0.39 is 0 Å². The molecule has 1 N–H and O–H groups in total. The third-order valence-electron chi connectivity index (χ3n) is 6.04. The predicted molar refractivity (Wildman–Crippen MR) is 113 cm³/mol. The molecule has 1 saturated heterocycles. The summed E-state index contributed by atoms with van der Waals surface area (Å²) in [6, 6.07) is 9.81. The van der Waals surface area contributed by atoms with Crippen molar-refractivity contribution in [1.82, 2.24) is 9.80 Å². The molecule has 2 aliphatic rings. The van der Waals surface area contributed by atoms with Crippen LogP contribution in [0.1, 0.15) is 12.5 Å². The molecule has 3 aromatic rings. The Morgan fingerprint density at radius 1 is 1.00 bits per heavy atom. The first-order valence-corrected chi connectivity index (χ1v) is 10.1. The van der Waals surface area contributed by atoms with Gasteiger partial charge in [-0.25, -0.2) is 0 Å². The summed E-state index contributed by atoms with van der Waals surface area (Å²) >= 11 is 0. The molecule has 0 aromatic heterocycles. The summed E-state index contributed by atoms with van der Waals surface area (Å²) in [6.45, 7) is 5.69. The number of carbonyl (C=O) groups is 1. The van der Waals surface area contributed by atoms with Gasteiger partial charge in [0.2, 0.25) is 12.7 Å². The van der Waals surface area contributed by atoms with Gasteiger partial charge in [-0.05, 0) is 57.4 Å². The zero-order chi connectivity index (χ0) is 20.8. The number of phenols is 1. The second kappa shape index (κ2) is 7.25. The van der Waals surface area contributed by atoms with E-state index in [1.807, 2.05) is 23.1 Å². The summed E-state index contributed by atoms with van der Waals surface area (Å²) in [5.41, 5.74) is 1.12. The standard InChI is InChI=1S/C23H24N2O5/c1-14(26)25-5-3-24(4-6-25)12-16-7-15-8-22-23(30-13-29-22)10-18(15)19-11-21(28-2)20(27)9-17(16)19/h7-11,27H,3-6,12-13H2,1-2H3. The normalized spacial score (nSPS) is 16.4. The molecule has 7 heteroatoms. The number of hydrogen-bond acceptors (Lipinski definition) is 6. The third-order valence-corrected chi connectivity index (χ3v) is 6.04. The van der Waals surface area contributed by atoms with Gasteiger partial charge in [0.05, 0.1) is 7.11 Å². The molecule has 0 bridgehead atoms. The molecular weight excluding hydrogens is 384 g/mol. The molecule has 0 aliphatic carbocycles. The molecule has 2 heterocycles. The highest BCUT2D eigenvalue weighted by atomic mass is 16.7. The number of fused-ring (bicyclic) bond motifs is 4. The van der Waals surface area contributed by atoms with Gasteiger partial charge in [-0.15, -0.1) is 0 Å². The number of nitrogens with zero attached hydrogens (tertiary/aromatic N) is 2. The van der Waals surface area contributed by atoms with Gasteiger partial charge in [0.15, 0.2) is 23.0 Å². The fourth-order valence-corrected chi connectivity index (χ4v) is 4.39. The summed E-state index contributed by atoms with van der Waals surface area (Å²) in [4.78, 5) is 15.8. The molecule has 30 heavy (non-hydrogen) atoms. The molecule has 5 rings (SSSR count). The summed E-state index contributed by atoms with van der Waals surface area (Å²) < 4.78 is 16.5. The average Bonchev–Trinajstić information content (AvgIpc) is 3.20. The van der Waals surface area contributed by atoms with Crippen LogP contribution in [-0.2, 0) is 11.3 Å². The van der Waals surface area contributed by atoms with Crippen molar-refractivity contribution in [2.45, 2.75) is 13.5 Å². The van der Waals surface area contributed by atoms with Gasteiger partial charge in [-0.2, -0.15) is 0 Å². The third kappa shape index (κ3) is 3.15. The highest BCUT2D eigenvalue weighted by molar-refractivity contribution is 6.11. The monoisotopic (exact) mass is 408 g/mol. The molecule has 0 spiro atoms. The van der Waals surface area contributed by atoms with Crippen molar-refractivity contribution in [3.05, 3.63) is 35.9 Å². The first kappa shape index (κ1) is 18.8.